The van der Waals surface area contributed by atoms with Gasteiger partial charge in [0.25, 0.3) is 10.1 Å². The van der Waals surface area contributed by atoms with E-state index in [4.69, 9.17) is 4.55 Å². The lowest BCUT2D eigenvalue weighted by Crippen LogP contribution is -2.35. The molecule has 0 heterocycles. The number of benzene rings is 1. The van der Waals surface area contributed by atoms with Crippen LogP contribution in [0.4, 0.5) is 0 Å². The Kier molecular flexibility index (Phi) is 20.8. The maximum Gasteiger partial charge on any atom is 0.294 e. The van der Waals surface area contributed by atoms with Gasteiger partial charge in [0.05, 0.1) is 32.6 Å². The summed E-state index contributed by atoms with van der Waals surface area (Å²) in [5.41, 5.74) is 0.956. The molecule has 0 saturated carbocycles. The molecule has 0 saturated heterocycles. The Morgan fingerprint density at radius 2 is 1.03 bits per heavy atom. The van der Waals surface area contributed by atoms with E-state index in [1.165, 1.54) is 109 Å². The molecular weight excluding hydrogens is 442 g/mol. The number of quaternary nitrogens is 1. The summed E-state index contributed by atoms with van der Waals surface area (Å²) in [7, 11) is 2.86. The Hall–Kier alpha value is -0.620. The molecule has 1 N–H and O–H groups in total. The molecule has 1 aromatic rings. The molecule has 0 amide bonds. The molecule has 1 rings (SSSR count). The Balaban J connectivity index is 0. The molecule has 0 fully saturated rings. The second kappa shape index (κ2) is 19.8. The molecule has 0 bridgehead atoms. The van der Waals surface area contributed by atoms with E-state index in [1.54, 1.807) is 12.1 Å². The second-order valence-electron chi connectivity index (χ2n) is 9.90. The minimum Gasteiger partial charge on any atom is -0.331 e. The lowest BCUT2D eigenvalue weighted by Gasteiger charge is -2.23. The van der Waals surface area contributed by atoms with Crippen LogP contribution < -0.4 is 0 Å². The van der Waals surface area contributed by atoms with Crippen molar-refractivity contribution >= 4 is 22.5 Å². The van der Waals surface area contributed by atoms with E-state index in [1.807, 2.05) is 6.92 Å². The summed E-state index contributed by atoms with van der Waals surface area (Å²) in [6, 6.07) is 5.99. The Morgan fingerprint density at radius 3 is 1.34 bits per heavy atom. The van der Waals surface area contributed by atoms with Crippen molar-refractivity contribution in [3.63, 3.8) is 0 Å². The molecule has 0 aliphatic carbocycles. The minimum absolute atomic E-state index is 0. The van der Waals surface area contributed by atoms with Crippen molar-refractivity contribution in [3.8, 4) is 0 Å². The largest absolute Gasteiger partial charge is 0.331 e. The highest BCUT2D eigenvalue weighted by Gasteiger charge is 2.07. The third kappa shape index (κ3) is 22.6. The summed E-state index contributed by atoms with van der Waals surface area (Å²) in [6.45, 7) is 5.47. The average molecular weight is 493 g/mol. The van der Waals surface area contributed by atoms with E-state index in [-0.39, 0.29) is 17.3 Å². The Bertz CT molecular complexity index is 640. The monoisotopic (exact) mass is 492 g/mol. The fraction of sp³-hybridized carbons (Fsp3) is 0.769. The number of nitrogens with zero attached hydrogens (tertiary/aromatic N) is 1. The van der Waals surface area contributed by atoms with Crippen molar-refractivity contribution in [2.45, 2.75) is 109 Å². The third-order valence-corrected chi connectivity index (χ3v) is 6.37. The smallest absolute Gasteiger partial charge is 0.294 e. The topological polar surface area (TPSA) is 54.4 Å². The lowest BCUT2D eigenvalue weighted by atomic mass is 10.0. The van der Waals surface area contributed by atoms with Crippen molar-refractivity contribution in [3.05, 3.63) is 29.8 Å². The van der Waals surface area contributed by atoms with E-state index in [0.29, 0.717) is 0 Å². The molecular formula is C26H51ClNO3S+. The molecule has 190 valence electrons. The van der Waals surface area contributed by atoms with Gasteiger partial charge in [-0.1, -0.05) is 102 Å². The first-order chi connectivity index (χ1) is 14.6. The van der Waals surface area contributed by atoms with Crippen molar-refractivity contribution in [2.75, 3.05) is 27.7 Å². The fourth-order valence-corrected chi connectivity index (χ4v) is 3.97. The van der Waals surface area contributed by atoms with E-state index < -0.39 is 10.1 Å². The highest BCUT2D eigenvalue weighted by atomic mass is 35.5. The van der Waals surface area contributed by atoms with Gasteiger partial charge in [0, 0.05) is 0 Å². The van der Waals surface area contributed by atoms with Crippen LogP contribution in [-0.2, 0) is 10.1 Å². The molecule has 0 atom stereocenters. The van der Waals surface area contributed by atoms with E-state index >= 15 is 0 Å². The Morgan fingerprint density at radius 1 is 0.688 bits per heavy atom. The van der Waals surface area contributed by atoms with Crippen molar-refractivity contribution < 1.29 is 17.5 Å². The van der Waals surface area contributed by atoms with Crippen LogP contribution in [0.15, 0.2) is 29.2 Å². The summed E-state index contributed by atoms with van der Waals surface area (Å²) in [4.78, 5) is -0.0666. The number of aryl methyl sites for hydroxylation is 1. The van der Waals surface area contributed by atoms with Gasteiger partial charge in [-0.2, -0.15) is 8.42 Å². The van der Waals surface area contributed by atoms with Gasteiger partial charge in [0.15, 0.2) is 0 Å². The molecule has 0 aromatic heterocycles. The highest BCUT2D eigenvalue weighted by molar-refractivity contribution is 7.85. The molecule has 0 spiro atoms. The predicted octanol–water partition coefficient (Wildman–Crippen LogP) is 7.84. The zero-order valence-corrected chi connectivity index (χ0v) is 23.1. The van der Waals surface area contributed by atoms with Crippen LogP contribution in [0.3, 0.4) is 0 Å². The molecule has 0 aliphatic heterocycles. The number of hydrogen-bond donors (Lipinski definition) is 1. The first-order valence-electron chi connectivity index (χ1n) is 12.4. The van der Waals surface area contributed by atoms with Crippen LogP contribution in [-0.4, -0.2) is 45.1 Å². The van der Waals surface area contributed by atoms with Crippen LogP contribution in [0, 0.1) is 6.92 Å². The Labute approximate surface area is 205 Å². The number of halogens is 1. The number of unbranched alkanes of at least 4 members (excludes halogenated alkanes) is 13. The van der Waals surface area contributed by atoms with Gasteiger partial charge in [0.2, 0.25) is 0 Å². The van der Waals surface area contributed by atoms with Crippen LogP contribution in [0.2, 0.25) is 0 Å². The van der Waals surface area contributed by atoms with Crippen LogP contribution in [0.1, 0.15) is 102 Å². The maximum atomic E-state index is 10.5. The predicted molar refractivity (Wildman–Crippen MR) is 141 cm³/mol. The van der Waals surface area contributed by atoms with Crippen LogP contribution in [0.5, 0.6) is 0 Å². The normalized spacial score (nSPS) is 11.4. The van der Waals surface area contributed by atoms with Crippen molar-refractivity contribution in [2.24, 2.45) is 0 Å². The first-order valence-corrected chi connectivity index (χ1v) is 13.8. The minimum atomic E-state index is -4.02. The number of hydrogen-bond acceptors (Lipinski definition) is 2. The summed E-state index contributed by atoms with van der Waals surface area (Å²) in [6.07, 6.45) is 20.4. The zero-order chi connectivity index (χ0) is 23.6. The molecule has 4 nitrogen and oxygen atoms in total. The highest BCUT2D eigenvalue weighted by Crippen LogP contribution is 2.13. The summed E-state index contributed by atoms with van der Waals surface area (Å²) < 4.78 is 30.7. The van der Waals surface area contributed by atoms with Crippen molar-refractivity contribution in [1.29, 1.82) is 0 Å². The van der Waals surface area contributed by atoms with Crippen LogP contribution in [0.25, 0.3) is 0 Å². The maximum absolute atomic E-state index is 10.5. The van der Waals surface area contributed by atoms with E-state index in [0.717, 1.165) is 10.0 Å². The molecule has 0 radical (unpaired) electrons. The quantitative estimate of drug-likeness (QED) is 0.145. The number of rotatable bonds is 16. The van der Waals surface area contributed by atoms with Gasteiger partial charge >= 0.3 is 0 Å². The first kappa shape index (κ1) is 33.6. The van der Waals surface area contributed by atoms with Crippen molar-refractivity contribution in [1.82, 2.24) is 0 Å². The van der Waals surface area contributed by atoms with Gasteiger partial charge < -0.3 is 4.48 Å². The zero-order valence-electron chi connectivity index (χ0n) is 21.4. The SMILES string of the molecule is CCCCCCCCCCCCCCCC[N+](C)(C)C.Cc1ccc(S(=O)(=O)O)cc1.Cl. The lowest BCUT2D eigenvalue weighted by molar-refractivity contribution is -0.870. The van der Waals surface area contributed by atoms with Gasteiger partial charge in [-0.05, 0) is 31.9 Å². The van der Waals surface area contributed by atoms with Gasteiger partial charge in [-0.3, -0.25) is 4.55 Å². The molecule has 0 aliphatic rings. The van der Waals surface area contributed by atoms with E-state index in [2.05, 4.69) is 28.1 Å². The van der Waals surface area contributed by atoms with Crippen LogP contribution >= 0.6 is 12.4 Å². The van der Waals surface area contributed by atoms with Gasteiger partial charge in [-0.25, -0.2) is 0 Å². The van der Waals surface area contributed by atoms with Gasteiger partial charge in [-0.15, -0.1) is 12.4 Å². The average Bonchev–Trinajstić information content (AvgIpc) is 2.67. The molecule has 32 heavy (non-hydrogen) atoms. The summed E-state index contributed by atoms with van der Waals surface area (Å²) in [5.74, 6) is 0. The van der Waals surface area contributed by atoms with E-state index in [9.17, 15) is 8.42 Å². The molecule has 1 aromatic carbocycles. The standard InChI is InChI=1S/C19H42N.C7H8O3S.ClH/c1-5-6-7-8-9-10-11-12-13-14-15-16-17-18-19-20(2,3)4;1-6-2-4-7(5-3-6)11(8,9)10;/h5-19H2,1-4H3;2-5H,1H3,(H,8,9,10);1H/q+1;;. The third-order valence-electron chi connectivity index (χ3n) is 5.50. The summed E-state index contributed by atoms with van der Waals surface area (Å²) in [5, 5.41) is 0. The molecule has 6 heteroatoms. The van der Waals surface area contributed by atoms with Gasteiger partial charge in [0.1, 0.15) is 0 Å². The fourth-order valence-electron chi connectivity index (χ4n) is 3.49. The summed E-state index contributed by atoms with van der Waals surface area (Å²) >= 11 is 0. The molecule has 0 unspecified atom stereocenters. The second-order valence-corrected chi connectivity index (χ2v) is 11.3.